The van der Waals surface area contributed by atoms with Crippen LogP contribution in [0.3, 0.4) is 0 Å². The maximum absolute atomic E-state index is 13.6. The maximum atomic E-state index is 13.6. The number of anilines is 1. The molecule has 0 fully saturated rings. The van der Waals surface area contributed by atoms with Crippen molar-refractivity contribution in [3.05, 3.63) is 132 Å². The van der Waals surface area contributed by atoms with Gasteiger partial charge in [0.25, 0.3) is 11.5 Å². The molecule has 1 aliphatic rings. The molecule has 0 unspecified atom stereocenters. The number of allylic oxidation sites excluding steroid dienone is 1. The quantitative estimate of drug-likeness (QED) is 0.470. The lowest BCUT2D eigenvalue weighted by molar-refractivity contribution is -0.113. The fraction of sp³-hybridized carbons (Fsp3) is 0.107. The normalized spacial score (nSPS) is 15.5. The van der Waals surface area contributed by atoms with Crippen LogP contribution in [0.5, 0.6) is 0 Å². The third-order valence-electron chi connectivity index (χ3n) is 5.94. The lowest BCUT2D eigenvalue weighted by Crippen LogP contribution is -2.40. The first-order chi connectivity index (χ1) is 16.9. The second-order valence-electron chi connectivity index (χ2n) is 8.31. The number of hydrogen-bond donors (Lipinski definition) is 1. The Bertz CT molecular complexity index is 1630. The number of halogens is 1. The van der Waals surface area contributed by atoms with Crippen molar-refractivity contribution in [2.75, 3.05) is 5.32 Å². The topological polar surface area (TPSA) is 63.5 Å². The lowest BCUT2D eigenvalue weighted by Gasteiger charge is -2.25. The number of fused-ring (bicyclic) bond motifs is 1. The van der Waals surface area contributed by atoms with E-state index in [1.807, 2.05) is 61.5 Å². The third-order valence-corrected chi connectivity index (χ3v) is 6.93. The summed E-state index contributed by atoms with van der Waals surface area (Å²) >= 11 is 1.25. The molecular weight excluding hydrogens is 461 g/mol. The highest BCUT2D eigenvalue weighted by Gasteiger charge is 2.32. The van der Waals surface area contributed by atoms with Gasteiger partial charge in [-0.1, -0.05) is 72.0 Å². The van der Waals surface area contributed by atoms with E-state index in [1.165, 1.54) is 23.5 Å². The molecule has 0 spiro atoms. The number of aromatic nitrogens is 1. The fourth-order valence-electron chi connectivity index (χ4n) is 4.18. The van der Waals surface area contributed by atoms with E-state index < -0.39 is 6.04 Å². The molecule has 1 atom stereocenters. The van der Waals surface area contributed by atoms with Gasteiger partial charge in [0.05, 0.1) is 21.8 Å². The van der Waals surface area contributed by atoms with Gasteiger partial charge < -0.3 is 5.32 Å². The van der Waals surface area contributed by atoms with Gasteiger partial charge in [-0.15, -0.1) is 0 Å². The van der Waals surface area contributed by atoms with Gasteiger partial charge in [0.1, 0.15) is 5.82 Å². The predicted molar refractivity (Wildman–Crippen MR) is 136 cm³/mol. The van der Waals surface area contributed by atoms with E-state index in [0.717, 1.165) is 11.1 Å². The Hall–Kier alpha value is -4.10. The summed E-state index contributed by atoms with van der Waals surface area (Å²) in [4.78, 5) is 32.4. The molecule has 1 aliphatic heterocycles. The number of carbonyl (C=O) groups excluding carboxylic acids is 1. The highest BCUT2D eigenvalue weighted by Crippen LogP contribution is 2.31. The van der Waals surface area contributed by atoms with E-state index in [4.69, 9.17) is 0 Å². The highest BCUT2D eigenvalue weighted by molar-refractivity contribution is 7.07. The number of nitrogens with one attached hydrogen (secondary N) is 1. The molecule has 35 heavy (non-hydrogen) atoms. The molecule has 1 aromatic heterocycles. The Kier molecular flexibility index (Phi) is 6.01. The molecule has 3 aromatic carbocycles. The summed E-state index contributed by atoms with van der Waals surface area (Å²) in [5.74, 6) is -0.644. The van der Waals surface area contributed by atoms with Crippen LogP contribution in [0.1, 0.15) is 29.7 Å². The predicted octanol–water partition coefficient (Wildman–Crippen LogP) is 4.32. The number of para-hydroxylation sites is 1. The zero-order chi connectivity index (χ0) is 24.5. The van der Waals surface area contributed by atoms with Gasteiger partial charge in [0.2, 0.25) is 0 Å². The first-order valence-corrected chi connectivity index (χ1v) is 11.9. The number of nitrogens with zero attached hydrogens (tertiary/aromatic N) is 2. The summed E-state index contributed by atoms with van der Waals surface area (Å²) in [5, 5.41) is 3.00. The fourth-order valence-corrected chi connectivity index (χ4v) is 5.22. The van der Waals surface area contributed by atoms with E-state index in [9.17, 15) is 14.0 Å². The van der Waals surface area contributed by atoms with Crippen molar-refractivity contribution in [2.45, 2.75) is 19.9 Å². The molecular formula is C28H22FN3O2S. The van der Waals surface area contributed by atoms with E-state index in [2.05, 4.69) is 10.3 Å². The molecule has 174 valence electrons. The maximum Gasteiger partial charge on any atom is 0.271 e. The van der Waals surface area contributed by atoms with Crippen LogP contribution >= 0.6 is 11.3 Å². The average molecular weight is 484 g/mol. The van der Waals surface area contributed by atoms with E-state index in [0.29, 0.717) is 31.9 Å². The molecule has 0 aliphatic carbocycles. The van der Waals surface area contributed by atoms with Gasteiger partial charge in [0, 0.05) is 5.69 Å². The van der Waals surface area contributed by atoms with Crippen LogP contribution in [0.4, 0.5) is 10.1 Å². The number of carbonyl (C=O) groups is 1. The van der Waals surface area contributed by atoms with Crippen LogP contribution in [0, 0.1) is 12.7 Å². The Balaban J connectivity index is 1.66. The van der Waals surface area contributed by atoms with E-state index in [-0.39, 0.29) is 17.3 Å². The number of benzene rings is 3. The van der Waals surface area contributed by atoms with Crippen LogP contribution in [0.2, 0.25) is 0 Å². The zero-order valence-corrected chi connectivity index (χ0v) is 20.0. The molecule has 5 nitrogen and oxygen atoms in total. The lowest BCUT2D eigenvalue weighted by atomic mass is 9.95. The van der Waals surface area contributed by atoms with Crippen molar-refractivity contribution in [1.29, 1.82) is 0 Å². The highest BCUT2D eigenvalue weighted by atomic mass is 32.1. The number of thiazole rings is 1. The summed E-state index contributed by atoms with van der Waals surface area (Å²) in [6.45, 7) is 3.72. The molecule has 2 heterocycles. The largest absolute Gasteiger partial charge is 0.322 e. The van der Waals surface area contributed by atoms with Crippen molar-refractivity contribution in [2.24, 2.45) is 4.99 Å². The van der Waals surface area contributed by atoms with Crippen molar-refractivity contribution < 1.29 is 9.18 Å². The van der Waals surface area contributed by atoms with Crippen LogP contribution in [0.15, 0.2) is 99.9 Å². The second kappa shape index (κ2) is 9.27. The number of rotatable bonds is 4. The van der Waals surface area contributed by atoms with Gasteiger partial charge in [-0.25, -0.2) is 9.38 Å². The SMILES string of the molecule is CC1=C(C(=O)Nc2ccccc2C)[C@H](c2ccccc2)n2c(s/c(=C/c3ccc(F)cc3)c2=O)=N1. The summed E-state index contributed by atoms with van der Waals surface area (Å²) in [6, 6.07) is 22.3. The van der Waals surface area contributed by atoms with Crippen LogP contribution < -0.4 is 20.2 Å². The van der Waals surface area contributed by atoms with Gasteiger partial charge in [-0.2, -0.15) is 0 Å². The van der Waals surface area contributed by atoms with Crippen molar-refractivity contribution >= 4 is 29.0 Å². The molecule has 0 saturated carbocycles. The minimum absolute atomic E-state index is 0.249. The zero-order valence-electron chi connectivity index (χ0n) is 19.2. The molecule has 0 saturated heterocycles. The summed E-state index contributed by atoms with van der Waals surface area (Å²) in [7, 11) is 0. The van der Waals surface area contributed by atoms with Crippen molar-refractivity contribution in [1.82, 2.24) is 4.57 Å². The van der Waals surface area contributed by atoms with Crippen LogP contribution in [-0.4, -0.2) is 10.5 Å². The van der Waals surface area contributed by atoms with Crippen molar-refractivity contribution in [3.8, 4) is 0 Å². The van der Waals surface area contributed by atoms with Gasteiger partial charge in [0.15, 0.2) is 4.80 Å². The summed E-state index contributed by atoms with van der Waals surface area (Å²) < 4.78 is 15.4. The average Bonchev–Trinajstić information content (AvgIpc) is 3.16. The summed E-state index contributed by atoms with van der Waals surface area (Å²) in [6.07, 6.45) is 1.72. The Morgan fingerprint density at radius 2 is 1.69 bits per heavy atom. The van der Waals surface area contributed by atoms with Crippen molar-refractivity contribution in [3.63, 3.8) is 0 Å². The van der Waals surface area contributed by atoms with Gasteiger partial charge >= 0.3 is 0 Å². The molecule has 1 N–H and O–H groups in total. The minimum Gasteiger partial charge on any atom is -0.322 e. The Morgan fingerprint density at radius 3 is 2.40 bits per heavy atom. The minimum atomic E-state index is -0.633. The monoisotopic (exact) mass is 483 g/mol. The van der Waals surface area contributed by atoms with Gasteiger partial charge in [-0.3, -0.25) is 14.2 Å². The van der Waals surface area contributed by atoms with E-state index >= 15 is 0 Å². The smallest absolute Gasteiger partial charge is 0.271 e. The molecule has 5 rings (SSSR count). The first-order valence-electron chi connectivity index (χ1n) is 11.1. The first kappa shape index (κ1) is 22.7. The molecule has 0 bridgehead atoms. The molecule has 1 amide bonds. The van der Waals surface area contributed by atoms with Gasteiger partial charge in [-0.05, 0) is 54.8 Å². The Morgan fingerprint density at radius 1 is 1.00 bits per heavy atom. The number of aryl methyl sites for hydroxylation is 1. The molecule has 4 aromatic rings. The number of amides is 1. The standard InChI is InChI=1S/C28H22FN3O2S/c1-17-8-6-7-11-22(17)31-26(33)24-18(2)30-28-32(25(24)20-9-4-3-5-10-20)27(34)23(35-28)16-19-12-14-21(29)15-13-19/h3-16,25H,1-2H3,(H,31,33)/b23-16+/t25-/m0/s1. The Labute approximate surface area is 205 Å². The number of hydrogen-bond acceptors (Lipinski definition) is 4. The third kappa shape index (κ3) is 4.38. The van der Waals surface area contributed by atoms with E-state index in [1.54, 1.807) is 29.7 Å². The van der Waals surface area contributed by atoms with Crippen LogP contribution in [0.25, 0.3) is 6.08 Å². The summed E-state index contributed by atoms with van der Waals surface area (Å²) in [5.41, 5.74) is 3.89. The molecule has 0 radical (unpaired) electrons. The molecule has 7 heteroatoms. The second-order valence-corrected chi connectivity index (χ2v) is 9.32. The van der Waals surface area contributed by atoms with Crippen LogP contribution in [-0.2, 0) is 4.79 Å².